The van der Waals surface area contributed by atoms with Gasteiger partial charge in [0, 0.05) is 31.9 Å². The van der Waals surface area contributed by atoms with Crippen LogP contribution in [0.1, 0.15) is 6.42 Å². The summed E-state index contributed by atoms with van der Waals surface area (Å²) in [5, 5.41) is 9.52. The Labute approximate surface area is 145 Å². The Morgan fingerprint density at radius 2 is 1.56 bits per heavy atom. The van der Waals surface area contributed by atoms with E-state index in [4.69, 9.17) is 0 Å². The Kier molecular flexibility index (Phi) is 3.98. The van der Waals surface area contributed by atoms with Gasteiger partial charge in [-0.1, -0.05) is 12.2 Å². The van der Waals surface area contributed by atoms with Gasteiger partial charge in [0.05, 0.1) is 11.8 Å². The first-order chi connectivity index (χ1) is 12.0. The summed E-state index contributed by atoms with van der Waals surface area (Å²) in [5.74, 6) is -2.10. The van der Waals surface area contributed by atoms with Crippen molar-refractivity contribution in [2.24, 2.45) is 23.7 Å². The second-order valence-electron chi connectivity index (χ2n) is 7.13. The SMILES string of the molecule is O=C(O)[C@@H]1[C@@H](C(=O)N2CCN(c3ccc(F)cc3)CC2)[C@@H]2C=C[C@H]1C2. The van der Waals surface area contributed by atoms with E-state index in [0.29, 0.717) is 26.2 Å². The minimum atomic E-state index is -0.861. The highest BCUT2D eigenvalue weighted by atomic mass is 19.1. The summed E-state index contributed by atoms with van der Waals surface area (Å²) in [6.45, 7) is 2.48. The lowest BCUT2D eigenvalue weighted by molar-refractivity contribution is -0.151. The second kappa shape index (κ2) is 6.17. The third-order valence-corrected chi connectivity index (χ3v) is 5.81. The zero-order valence-electron chi connectivity index (χ0n) is 13.8. The third kappa shape index (κ3) is 2.79. The first kappa shape index (κ1) is 16.1. The fourth-order valence-electron chi connectivity index (χ4n) is 4.54. The molecule has 0 spiro atoms. The predicted octanol–water partition coefficient (Wildman–Crippen LogP) is 2.00. The summed E-state index contributed by atoms with van der Waals surface area (Å²) in [7, 11) is 0. The van der Waals surface area contributed by atoms with Crippen LogP contribution in [-0.2, 0) is 9.59 Å². The number of benzene rings is 1. The van der Waals surface area contributed by atoms with Gasteiger partial charge in [-0.05, 0) is 42.5 Å². The Morgan fingerprint density at radius 3 is 2.16 bits per heavy atom. The number of carbonyl (C=O) groups is 2. The smallest absolute Gasteiger partial charge is 0.307 e. The van der Waals surface area contributed by atoms with Crippen molar-refractivity contribution in [3.8, 4) is 0 Å². The lowest BCUT2D eigenvalue weighted by atomic mass is 9.82. The number of allylic oxidation sites excluding steroid dienone is 2. The average molecular weight is 344 g/mol. The highest BCUT2D eigenvalue weighted by Gasteiger charge is 2.52. The number of nitrogens with zero attached hydrogens (tertiary/aromatic N) is 2. The molecule has 1 aromatic carbocycles. The molecule has 1 heterocycles. The molecule has 1 aromatic rings. The van der Waals surface area contributed by atoms with Gasteiger partial charge in [-0.3, -0.25) is 9.59 Å². The van der Waals surface area contributed by atoms with E-state index in [0.717, 1.165) is 12.1 Å². The van der Waals surface area contributed by atoms with Crippen molar-refractivity contribution in [3.63, 3.8) is 0 Å². The molecule has 0 radical (unpaired) electrons. The average Bonchev–Trinajstić information content (AvgIpc) is 3.23. The zero-order valence-corrected chi connectivity index (χ0v) is 13.8. The maximum Gasteiger partial charge on any atom is 0.307 e. The number of halogens is 1. The molecule has 4 rings (SSSR count). The van der Waals surface area contributed by atoms with E-state index < -0.39 is 17.8 Å². The van der Waals surface area contributed by atoms with Crippen molar-refractivity contribution < 1.29 is 19.1 Å². The normalized spacial score (nSPS) is 30.8. The molecule has 132 valence electrons. The van der Waals surface area contributed by atoms with Crippen LogP contribution < -0.4 is 4.90 Å². The Bertz CT molecular complexity index is 710. The summed E-state index contributed by atoms with van der Waals surface area (Å²) < 4.78 is 13.0. The van der Waals surface area contributed by atoms with Crippen molar-refractivity contribution in [2.75, 3.05) is 31.1 Å². The number of aliphatic carboxylic acids is 1. The highest BCUT2D eigenvalue weighted by Crippen LogP contribution is 2.48. The van der Waals surface area contributed by atoms with Gasteiger partial charge in [0.25, 0.3) is 0 Å². The fourth-order valence-corrected chi connectivity index (χ4v) is 4.54. The minimum absolute atomic E-state index is 0.00282. The van der Waals surface area contributed by atoms with Crippen LogP contribution in [-0.4, -0.2) is 48.1 Å². The van der Waals surface area contributed by atoms with Gasteiger partial charge in [-0.2, -0.15) is 0 Å². The van der Waals surface area contributed by atoms with Crippen LogP contribution in [0.5, 0.6) is 0 Å². The number of carbonyl (C=O) groups excluding carboxylic acids is 1. The summed E-state index contributed by atoms with van der Waals surface area (Å²) in [5.41, 5.74) is 0.944. The fraction of sp³-hybridized carbons (Fsp3) is 0.474. The van der Waals surface area contributed by atoms with Crippen LogP contribution in [0.3, 0.4) is 0 Å². The summed E-state index contributed by atoms with van der Waals surface area (Å²) >= 11 is 0. The molecule has 0 unspecified atom stereocenters. The van der Waals surface area contributed by atoms with Crippen molar-refractivity contribution in [2.45, 2.75) is 6.42 Å². The standard InChI is InChI=1S/C19H21FN2O3/c20-14-3-5-15(6-4-14)21-7-9-22(10-8-21)18(23)16-12-1-2-13(11-12)17(16)19(24)25/h1-6,12-13,16-17H,7-11H2,(H,24,25)/t12-,13+,16+,17+/m1/s1. The van der Waals surface area contributed by atoms with Gasteiger partial charge in [0.1, 0.15) is 5.82 Å². The summed E-state index contributed by atoms with van der Waals surface area (Å²) in [6.07, 6.45) is 4.75. The molecule has 25 heavy (non-hydrogen) atoms. The molecule has 1 aliphatic heterocycles. The maximum atomic E-state index is 13.0. The molecular formula is C19H21FN2O3. The number of hydrogen-bond donors (Lipinski definition) is 1. The highest BCUT2D eigenvalue weighted by molar-refractivity contribution is 5.87. The minimum Gasteiger partial charge on any atom is -0.481 e. The maximum absolute atomic E-state index is 13.0. The van der Waals surface area contributed by atoms with E-state index in [9.17, 15) is 19.1 Å². The Balaban J connectivity index is 1.42. The summed E-state index contributed by atoms with van der Waals surface area (Å²) in [4.78, 5) is 28.5. The van der Waals surface area contributed by atoms with Crippen molar-refractivity contribution in [1.82, 2.24) is 4.90 Å². The molecule has 0 aromatic heterocycles. The molecule has 3 aliphatic rings. The lowest BCUT2D eigenvalue weighted by Gasteiger charge is -2.38. The van der Waals surface area contributed by atoms with Gasteiger partial charge in [0.15, 0.2) is 0 Å². The molecule has 1 saturated carbocycles. The van der Waals surface area contributed by atoms with Crippen LogP contribution >= 0.6 is 0 Å². The van der Waals surface area contributed by atoms with Crippen molar-refractivity contribution >= 4 is 17.6 Å². The van der Waals surface area contributed by atoms with Crippen molar-refractivity contribution in [3.05, 3.63) is 42.2 Å². The number of fused-ring (bicyclic) bond motifs is 2. The third-order valence-electron chi connectivity index (χ3n) is 5.81. The zero-order chi connectivity index (χ0) is 17.6. The quantitative estimate of drug-likeness (QED) is 0.852. The number of carboxylic acid groups (broad SMARTS) is 1. The number of amides is 1. The lowest BCUT2D eigenvalue weighted by Crippen LogP contribution is -2.52. The van der Waals surface area contributed by atoms with Gasteiger partial charge < -0.3 is 14.9 Å². The van der Waals surface area contributed by atoms with Gasteiger partial charge in [-0.25, -0.2) is 4.39 Å². The number of hydrogen-bond acceptors (Lipinski definition) is 3. The van der Waals surface area contributed by atoms with Crippen LogP contribution in [0, 0.1) is 29.5 Å². The van der Waals surface area contributed by atoms with E-state index in [-0.39, 0.29) is 23.6 Å². The molecule has 5 nitrogen and oxygen atoms in total. The number of anilines is 1. The molecular weight excluding hydrogens is 323 g/mol. The topological polar surface area (TPSA) is 60.9 Å². The van der Waals surface area contributed by atoms with E-state index in [1.807, 2.05) is 12.2 Å². The Hall–Kier alpha value is -2.37. The first-order valence-electron chi connectivity index (χ1n) is 8.75. The molecule has 6 heteroatoms. The Morgan fingerprint density at radius 1 is 0.960 bits per heavy atom. The van der Waals surface area contributed by atoms with Gasteiger partial charge in [0.2, 0.25) is 5.91 Å². The molecule has 2 aliphatic carbocycles. The van der Waals surface area contributed by atoms with E-state index >= 15 is 0 Å². The van der Waals surface area contributed by atoms with E-state index in [1.54, 1.807) is 17.0 Å². The van der Waals surface area contributed by atoms with Gasteiger partial charge >= 0.3 is 5.97 Å². The van der Waals surface area contributed by atoms with Crippen LogP contribution in [0.4, 0.5) is 10.1 Å². The van der Waals surface area contributed by atoms with Crippen LogP contribution in [0.25, 0.3) is 0 Å². The molecule has 1 N–H and O–H groups in total. The van der Waals surface area contributed by atoms with Crippen LogP contribution in [0.2, 0.25) is 0 Å². The largest absolute Gasteiger partial charge is 0.481 e. The van der Waals surface area contributed by atoms with Crippen molar-refractivity contribution in [1.29, 1.82) is 0 Å². The number of carboxylic acids is 1. The molecule has 1 amide bonds. The monoisotopic (exact) mass is 344 g/mol. The van der Waals surface area contributed by atoms with E-state index in [2.05, 4.69) is 4.90 Å². The van der Waals surface area contributed by atoms with Gasteiger partial charge in [-0.15, -0.1) is 0 Å². The molecule has 1 saturated heterocycles. The number of rotatable bonds is 3. The van der Waals surface area contributed by atoms with Crippen LogP contribution in [0.15, 0.2) is 36.4 Å². The predicted molar refractivity (Wildman–Crippen MR) is 90.5 cm³/mol. The number of piperazine rings is 1. The first-order valence-corrected chi connectivity index (χ1v) is 8.75. The molecule has 4 atom stereocenters. The molecule has 2 bridgehead atoms. The second-order valence-corrected chi connectivity index (χ2v) is 7.13. The molecule has 2 fully saturated rings. The van der Waals surface area contributed by atoms with E-state index in [1.165, 1.54) is 12.1 Å². The summed E-state index contributed by atoms with van der Waals surface area (Å²) in [6, 6.07) is 6.36.